The van der Waals surface area contributed by atoms with Gasteiger partial charge in [-0.25, -0.2) is 0 Å². The van der Waals surface area contributed by atoms with Gasteiger partial charge >= 0.3 is 0 Å². The first kappa shape index (κ1) is 14.3. The Kier molecular flexibility index (Phi) is 5.58. The summed E-state index contributed by atoms with van der Waals surface area (Å²) >= 11 is 0. The van der Waals surface area contributed by atoms with Crippen molar-refractivity contribution in [1.82, 2.24) is 4.90 Å². The number of hydrogen-bond donors (Lipinski definition) is 1. The lowest BCUT2D eigenvalue weighted by Gasteiger charge is -2.34. The minimum Gasteiger partial charge on any atom is -0.392 e. The third-order valence-corrected chi connectivity index (χ3v) is 3.49. The molecular weight excluding hydrogens is 238 g/mol. The quantitative estimate of drug-likeness (QED) is 0.798. The van der Waals surface area contributed by atoms with E-state index in [0.717, 1.165) is 39.1 Å². The van der Waals surface area contributed by atoms with Gasteiger partial charge in [-0.15, -0.1) is 6.58 Å². The Morgan fingerprint density at radius 1 is 1.42 bits per heavy atom. The number of aliphatic hydroxyl groups is 1. The molecule has 1 heterocycles. The van der Waals surface area contributed by atoms with Gasteiger partial charge in [0.15, 0.2) is 0 Å². The van der Waals surface area contributed by atoms with Gasteiger partial charge in [0.25, 0.3) is 0 Å². The molecule has 1 aliphatic heterocycles. The van der Waals surface area contributed by atoms with Crippen LogP contribution in [0, 0.1) is 0 Å². The van der Waals surface area contributed by atoms with Crippen molar-refractivity contribution in [2.45, 2.75) is 25.0 Å². The van der Waals surface area contributed by atoms with E-state index in [4.69, 9.17) is 4.74 Å². The Morgan fingerprint density at radius 2 is 2.21 bits per heavy atom. The number of rotatable bonds is 6. The van der Waals surface area contributed by atoms with Crippen LogP contribution in [0.1, 0.15) is 24.5 Å². The van der Waals surface area contributed by atoms with E-state index in [-0.39, 0.29) is 12.2 Å². The van der Waals surface area contributed by atoms with Crippen LogP contribution in [-0.4, -0.2) is 42.4 Å². The number of β-amino-alcohol motifs (C(OH)–C–C–N with tert-alkyl or cyclic N) is 1. The van der Waals surface area contributed by atoms with Crippen LogP contribution >= 0.6 is 0 Å². The van der Waals surface area contributed by atoms with E-state index in [9.17, 15) is 5.11 Å². The van der Waals surface area contributed by atoms with Crippen LogP contribution in [0.3, 0.4) is 0 Å². The number of allylic oxidation sites excluding steroid dienone is 1. The van der Waals surface area contributed by atoms with Crippen molar-refractivity contribution in [2.75, 3.05) is 26.2 Å². The molecule has 0 spiro atoms. The van der Waals surface area contributed by atoms with E-state index in [2.05, 4.69) is 23.6 Å². The van der Waals surface area contributed by atoms with E-state index in [1.165, 1.54) is 5.56 Å². The molecule has 0 bridgehead atoms. The summed E-state index contributed by atoms with van der Waals surface area (Å²) in [6, 6.07) is 10.3. The molecule has 0 aromatic heterocycles. The van der Waals surface area contributed by atoms with E-state index in [0.29, 0.717) is 0 Å². The van der Waals surface area contributed by atoms with Gasteiger partial charge in [0.05, 0.1) is 18.8 Å². The summed E-state index contributed by atoms with van der Waals surface area (Å²) in [5.74, 6) is 0. The highest BCUT2D eigenvalue weighted by Crippen LogP contribution is 2.22. The van der Waals surface area contributed by atoms with Gasteiger partial charge in [-0.05, 0) is 18.4 Å². The van der Waals surface area contributed by atoms with Crippen molar-refractivity contribution >= 4 is 0 Å². The zero-order valence-corrected chi connectivity index (χ0v) is 11.4. The molecule has 1 N–H and O–H groups in total. The lowest BCUT2D eigenvalue weighted by atomic mass is 10.1. The van der Waals surface area contributed by atoms with Gasteiger partial charge in [-0.3, -0.25) is 4.90 Å². The van der Waals surface area contributed by atoms with Crippen LogP contribution in [0.15, 0.2) is 43.0 Å². The molecule has 1 saturated heterocycles. The number of hydrogen-bond acceptors (Lipinski definition) is 3. The Labute approximate surface area is 115 Å². The van der Waals surface area contributed by atoms with Gasteiger partial charge in [-0.2, -0.15) is 0 Å². The second-order valence-electron chi connectivity index (χ2n) is 5.05. The van der Waals surface area contributed by atoms with Crippen LogP contribution < -0.4 is 0 Å². The van der Waals surface area contributed by atoms with Crippen molar-refractivity contribution in [2.24, 2.45) is 0 Å². The van der Waals surface area contributed by atoms with E-state index >= 15 is 0 Å². The average molecular weight is 261 g/mol. The van der Waals surface area contributed by atoms with Crippen LogP contribution in [0.4, 0.5) is 0 Å². The molecule has 0 amide bonds. The van der Waals surface area contributed by atoms with Crippen molar-refractivity contribution in [1.29, 1.82) is 0 Å². The molecule has 104 valence electrons. The molecule has 0 saturated carbocycles. The second kappa shape index (κ2) is 7.43. The smallest absolute Gasteiger partial charge is 0.0952 e. The fraction of sp³-hybridized carbons (Fsp3) is 0.500. The summed E-state index contributed by atoms with van der Waals surface area (Å²) in [4.78, 5) is 2.29. The molecule has 19 heavy (non-hydrogen) atoms. The van der Waals surface area contributed by atoms with Gasteiger partial charge in [0.1, 0.15) is 0 Å². The number of benzene rings is 1. The zero-order valence-electron chi connectivity index (χ0n) is 11.4. The normalized spacial score (nSPS) is 22.1. The summed E-state index contributed by atoms with van der Waals surface area (Å²) in [7, 11) is 0. The number of nitrogens with zero attached hydrogens (tertiary/aromatic N) is 1. The van der Waals surface area contributed by atoms with Crippen LogP contribution in [-0.2, 0) is 4.74 Å². The van der Waals surface area contributed by atoms with Crippen molar-refractivity contribution in [3.63, 3.8) is 0 Å². The third kappa shape index (κ3) is 4.46. The third-order valence-electron chi connectivity index (χ3n) is 3.49. The minimum atomic E-state index is -0.271. The maximum atomic E-state index is 9.96. The Morgan fingerprint density at radius 3 is 2.95 bits per heavy atom. The first-order valence-corrected chi connectivity index (χ1v) is 6.97. The van der Waals surface area contributed by atoms with E-state index < -0.39 is 0 Å². The lowest BCUT2D eigenvalue weighted by molar-refractivity contribution is -0.0426. The van der Waals surface area contributed by atoms with Gasteiger partial charge in [0.2, 0.25) is 0 Å². The summed E-state index contributed by atoms with van der Waals surface area (Å²) in [6.07, 6.45) is 3.37. The maximum absolute atomic E-state index is 9.96. The zero-order chi connectivity index (χ0) is 13.5. The summed E-state index contributed by atoms with van der Waals surface area (Å²) in [5, 5.41) is 9.96. The topological polar surface area (TPSA) is 32.7 Å². The number of ether oxygens (including phenoxy) is 1. The highest BCUT2D eigenvalue weighted by atomic mass is 16.5. The van der Waals surface area contributed by atoms with Crippen LogP contribution in [0.2, 0.25) is 0 Å². The first-order valence-electron chi connectivity index (χ1n) is 6.97. The molecule has 2 rings (SSSR count). The first-order chi connectivity index (χ1) is 9.29. The standard InChI is InChI=1S/C16H23NO2/c1-2-3-9-15(18)12-17-10-11-19-16(13-17)14-7-5-4-6-8-14/h2,4-8,15-16,18H,1,3,9-13H2. The number of morpholine rings is 1. The molecule has 1 aromatic carbocycles. The molecule has 1 fully saturated rings. The fourth-order valence-electron chi connectivity index (χ4n) is 2.44. The SMILES string of the molecule is C=CCCC(O)CN1CCOC(c2ccccc2)C1. The molecule has 2 atom stereocenters. The second-order valence-corrected chi connectivity index (χ2v) is 5.05. The fourth-order valence-corrected chi connectivity index (χ4v) is 2.44. The number of aliphatic hydroxyl groups excluding tert-OH is 1. The van der Waals surface area contributed by atoms with Crippen molar-refractivity contribution in [3.05, 3.63) is 48.6 Å². The Hall–Kier alpha value is -1.16. The summed E-state index contributed by atoms with van der Waals surface area (Å²) in [6.45, 7) is 6.89. The van der Waals surface area contributed by atoms with E-state index in [1.807, 2.05) is 24.3 Å². The van der Waals surface area contributed by atoms with Crippen molar-refractivity contribution in [3.8, 4) is 0 Å². The minimum absolute atomic E-state index is 0.126. The molecule has 3 heteroatoms. The highest BCUT2D eigenvalue weighted by molar-refractivity contribution is 5.18. The van der Waals surface area contributed by atoms with Gasteiger partial charge in [0, 0.05) is 19.6 Å². The van der Waals surface area contributed by atoms with Gasteiger partial charge < -0.3 is 9.84 Å². The largest absolute Gasteiger partial charge is 0.392 e. The molecule has 2 unspecified atom stereocenters. The lowest BCUT2D eigenvalue weighted by Crippen LogP contribution is -2.42. The molecular formula is C16H23NO2. The van der Waals surface area contributed by atoms with Crippen molar-refractivity contribution < 1.29 is 9.84 Å². The predicted molar refractivity (Wildman–Crippen MR) is 77.0 cm³/mol. The Balaban J connectivity index is 1.85. The monoisotopic (exact) mass is 261 g/mol. The van der Waals surface area contributed by atoms with E-state index in [1.54, 1.807) is 0 Å². The molecule has 1 aromatic rings. The molecule has 3 nitrogen and oxygen atoms in total. The molecule has 0 radical (unpaired) electrons. The average Bonchev–Trinajstić information content (AvgIpc) is 2.46. The maximum Gasteiger partial charge on any atom is 0.0952 e. The van der Waals surface area contributed by atoms with Crippen LogP contribution in [0.5, 0.6) is 0 Å². The molecule has 1 aliphatic rings. The van der Waals surface area contributed by atoms with Crippen LogP contribution in [0.25, 0.3) is 0 Å². The van der Waals surface area contributed by atoms with Gasteiger partial charge in [-0.1, -0.05) is 36.4 Å². The summed E-state index contributed by atoms with van der Waals surface area (Å²) < 4.78 is 5.82. The highest BCUT2D eigenvalue weighted by Gasteiger charge is 2.23. The molecule has 0 aliphatic carbocycles. The predicted octanol–water partition coefficient (Wildman–Crippen LogP) is 2.39. The Bertz CT molecular complexity index is 380. The summed E-state index contributed by atoms with van der Waals surface area (Å²) in [5.41, 5.74) is 1.22.